The summed E-state index contributed by atoms with van der Waals surface area (Å²) in [5, 5.41) is 0. The predicted molar refractivity (Wildman–Crippen MR) is 62.1 cm³/mol. The molecule has 1 rings (SSSR count). The van der Waals surface area contributed by atoms with Crippen LogP contribution in [-0.2, 0) is 4.74 Å². The number of methoxy groups -OCH3 is 1. The molecule has 1 heterocycles. The van der Waals surface area contributed by atoms with Gasteiger partial charge < -0.3 is 15.2 Å². The molecule has 0 spiro atoms. The largest absolute Gasteiger partial charge is 0.491 e. The number of pyridine rings is 1. The Bertz CT molecular complexity index is 331. The Balaban J connectivity index is 2.56. The van der Waals surface area contributed by atoms with Crippen LogP contribution >= 0.6 is 12.2 Å². The van der Waals surface area contributed by atoms with Crippen LogP contribution in [0, 0.1) is 0 Å². The fourth-order valence-corrected chi connectivity index (χ4v) is 1.25. The molecular weight excluding hydrogens is 212 g/mol. The molecule has 15 heavy (non-hydrogen) atoms. The normalized spacial score (nSPS) is 9.93. The second kappa shape index (κ2) is 6.31. The Morgan fingerprint density at radius 2 is 2.33 bits per heavy atom. The molecule has 0 saturated carbocycles. The number of thiocarbonyl (C=S) groups is 1. The standard InChI is InChI=1S/C10H14N2O2S/c1-13-5-2-6-14-9-7-12-4-3-8(9)10(11)15/h3-4,7H,2,5-6H2,1H3,(H2,11,15). The van der Waals surface area contributed by atoms with E-state index >= 15 is 0 Å². The minimum Gasteiger partial charge on any atom is -0.491 e. The number of nitrogens with zero attached hydrogens (tertiary/aromatic N) is 1. The highest BCUT2D eigenvalue weighted by Gasteiger charge is 2.05. The quantitative estimate of drug-likeness (QED) is 0.582. The molecule has 5 heteroatoms. The monoisotopic (exact) mass is 226 g/mol. The van der Waals surface area contributed by atoms with Gasteiger partial charge in [-0.25, -0.2) is 0 Å². The van der Waals surface area contributed by atoms with Crippen molar-refractivity contribution in [3.8, 4) is 5.75 Å². The molecular formula is C10H14N2O2S. The van der Waals surface area contributed by atoms with Gasteiger partial charge in [-0.2, -0.15) is 0 Å². The molecule has 1 aromatic rings. The Hall–Kier alpha value is -1.20. The zero-order valence-corrected chi connectivity index (χ0v) is 9.42. The maximum Gasteiger partial charge on any atom is 0.147 e. The van der Waals surface area contributed by atoms with E-state index in [4.69, 9.17) is 27.4 Å². The molecule has 4 nitrogen and oxygen atoms in total. The van der Waals surface area contributed by atoms with E-state index < -0.39 is 0 Å². The maximum atomic E-state index is 5.54. The maximum absolute atomic E-state index is 5.54. The molecule has 0 bridgehead atoms. The van der Waals surface area contributed by atoms with E-state index in [1.165, 1.54) is 0 Å². The number of nitrogens with two attached hydrogens (primary N) is 1. The summed E-state index contributed by atoms with van der Waals surface area (Å²) in [5.41, 5.74) is 6.26. The minimum absolute atomic E-state index is 0.319. The van der Waals surface area contributed by atoms with Gasteiger partial charge in [0.2, 0.25) is 0 Å². The summed E-state index contributed by atoms with van der Waals surface area (Å²) in [6.07, 6.45) is 4.07. The van der Waals surface area contributed by atoms with Crippen molar-refractivity contribution in [1.29, 1.82) is 0 Å². The van der Waals surface area contributed by atoms with Crippen LogP contribution in [0.2, 0.25) is 0 Å². The van der Waals surface area contributed by atoms with Crippen molar-refractivity contribution < 1.29 is 9.47 Å². The smallest absolute Gasteiger partial charge is 0.147 e. The van der Waals surface area contributed by atoms with Crippen LogP contribution in [-0.4, -0.2) is 30.3 Å². The van der Waals surface area contributed by atoms with Crippen molar-refractivity contribution in [3.05, 3.63) is 24.0 Å². The highest BCUT2D eigenvalue weighted by Crippen LogP contribution is 2.16. The lowest BCUT2D eigenvalue weighted by Crippen LogP contribution is -2.12. The van der Waals surface area contributed by atoms with E-state index in [1.54, 1.807) is 25.6 Å². The van der Waals surface area contributed by atoms with Gasteiger partial charge in [0, 0.05) is 26.3 Å². The molecule has 0 aliphatic rings. The lowest BCUT2D eigenvalue weighted by atomic mass is 10.2. The van der Waals surface area contributed by atoms with E-state index in [-0.39, 0.29) is 0 Å². The van der Waals surface area contributed by atoms with Gasteiger partial charge in [0.05, 0.1) is 18.4 Å². The van der Waals surface area contributed by atoms with E-state index in [9.17, 15) is 0 Å². The minimum atomic E-state index is 0.319. The molecule has 0 fully saturated rings. The van der Waals surface area contributed by atoms with E-state index in [0.29, 0.717) is 24.0 Å². The molecule has 0 aliphatic heterocycles. The summed E-state index contributed by atoms with van der Waals surface area (Å²) in [7, 11) is 1.66. The molecule has 0 saturated heterocycles. The molecule has 1 aromatic heterocycles. The van der Waals surface area contributed by atoms with Gasteiger partial charge in [-0.3, -0.25) is 4.98 Å². The number of hydrogen-bond donors (Lipinski definition) is 1. The van der Waals surface area contributed by atoms with Gasteiger partial charge in [0.15, 0.2) is 0 Å². The lowest BCUT2D eigenvalue weighted by Gasteiger charge is -2.09. The van der Waals surface area contributed by atoms with Crippen LogP contribution in [0.25, 0.3) is 0 Å². The highest BCUT2D eigenvalue weighted by atomic mass is 32.1. The van der Waals surface area contributed by atoms with Crippen LogP contribution in [0.4, 0.5) is 0 Å². The van der Waals surface area contributed by atoms with Crippen molar-refractivity contribution in [2.75, 3.05) is 20.3 Å². The molecule has 82 valence electrons. The topological polar surface area (TPSA) is 57.4 Å². The third kappa shape index (κ3) is 3.81. The average Bonchev–Trinajstić information content (AvgIpc) is 2.25. The molecule has 0 radical (unpaired) electrons. The fourth-order valence-electron chi connectivity index (χ4n) is 1.08. The van der Waals surface area contributed by atoms with Crippen LogP contribution in [0.1, 0.15) is 12.0 Å². The summed E-state index contributed by atoms with van der Waals surface area (Å²) in [6.45, 7) is 1.23. The van der Waals surface area contributed by atoms with Crippen molar-refractivity contribution in [2.24, 2.45) is 5.73 Å². The Morgan fingerprint density at radius 1 is 1.53 bits per heavy atom. The van der Waals surface area contributed by atoms with Crippen LogP contribution in [0.15, 0.2) is 18.5 Å². The summed E-state index contributed by atoms with van der Waals surface area (Å²) in [4.78, 5) is 4.27. The number of ether oxygens (including phenoxy) is 2. The third-order valence-electron chi connectivity index (χ3n) is 1.80. The first-order valence-corrected chi connectivity index (χ1v) is 5.02. The lowest BCUT2D eigenvalue weighted by molar-refractivity contribution is 0.172. The first-order valence-electron chi connectivity index (χ1n) is 4.61. The second-order valence-electron chi connectivity index (χ2n) is 2.93. The van der Waals surface area contributed by atoms with E-state index in [1.807, 2.05) is 0 Å². The Kier molecular flexibility index (Phi) is 5.00. The van der Waals surface area contributed by atoms with Crippen LogP contribution in [0.3, 0.4) is 0 Å². The summed E-state index contributed by atoms with van der Waals surface area (Å²) in [6, 6.07) is 1.74. The Morgan fingerprint density at radius 3 is 3.00 bits per heavy atom. The highest BCUT2D eigenvalue weighted by molar-refractivity contribution is 7.80. The van der Waals surface area contributed by atoms with Crippen molar-refractivity contribution >= 4 is 17.2 Å². The zero-order chi connectivity index (χ0) is 11.1. The fraction of sp³-hybridized carbons (Fsp3) is 0.400. The third-order valence-corrected chi connectivity index (χ3v) is 2.02. The van der Waals surface area contributed by atoms with Gasteiger partial charge in [0.25, 0.3) is 0 Å². The summed E-state index contributed by atoms with van der Waals surface area (Å²) in [5.74, 6) is 0.626. The summed E-state index contributed by atoms with van der Waals surface area (Å²) >= 11 is 4.90. The molecule has 0 unspecified atom stereocenters. The first-order chi connectivity index (χ1) is 7.25. The molecule has 0 aromatic carbocycles. The van der Waals surface area contributed by atoms with Crippen LogP contribution < -0.4 is 10.5 Å². The van der Waals surface area contributed by atoms with E-state index in [0.717, 1.165) is 12.0 Å². The van der Waals surface area contributed by atoms with Gasteiger partial charge in [0.1, 0.15) is 10.7 Å². The second-order valence-corrected chi connectivity index (χ2v) is 3.37. The predicted octanol–water partition coefficient (Wildman–Crippen LogP) is 1.13. The molecule has 0 aliphatic carbocycles. The molecule has 2 N–H and O–H groups in total. The van der Waals surface area contributed by atoms with Crippen LogP contribution in [0.5, 0.6) is 5.75 Å². The van der Waals surface area contributed by atoms with Crippen molar-refractivity contribution in [1.82, 2.24) is 4.98 Å². The van der Waals surface area contributed by atoms with Gasteiger partial charge >= 0.3 is 0 Å². The SMILES string of the molecule is COCCCOc1cnccc1C(N)=S. The van der Waals surface area contributed by atoms with E-state index in [2.05, 4.69) is 4.98 Å². The molecule has 0 atom stereocenters. The van der Waals surface area contributed by atoms with Crippen molar-refractivity contribution in [2.45, 2.75) is 6.42 Å². The zero-order valence-electron chi connectivity index (χ0n) is 8.60. The number of hydrogen-bond acceptors (Lipinski definition) is 4. The number of aromatic nitrogens is 1. The van der Waals surface area contributed by atoms with Gasteiger partial charge in [-0.1, -0.05) is 12.2 Å². The molecule has 0 amide bonds. The number of rotatable bonds is 6. The average molecular weight is 226 g/mol. The van der Waals surface area contributed by atoms with Crippen molar-refractivity contribution in [3.63, 3.8) is 0 Å². The van der Waals surface area contributed by atoms with Gasteiger partial charge in [-0.15, -0.1) is 0 Å². The summed E-state index contributed by atoms with van der Waals surface area (Å²) < 4.78 is 10.4. The Labute approximate surface area is 94.4 Å². The van der Waals surface area contributed by atoms with Gasteiger partial charge in [-0.05, 0) is 6.07 Å². The first kappa shape index (κ1) is 11.9.